The van der Waals surface area contributed by atoms with Crippen LogP contribution in [0.15, 0.2) is 54.6 Å². The maximum atomic E-state index is 12.1. The van der Waals surface area contributed by atoms with E-state index in [0.717, 1.165) is 5.56 Å². The molecule has 0 bridgehead atoms. The van der Waals surface area contributed by atoms with Crippen LogP contribution in [0, 0.1) is 0 Å². The normalized spacial score (nSPS) is 11.4. The molecular formula is C21H24ClN3O3. The molecule has 3 N–H and O–H groups in total. The summed E-state index contributed by atoms with van der Waals surface area (Å²) >= 11 is 5.79. The molecule has 28 heavy (non-hydrogen) atoms. The van der Waals surface area contributed by atoms with E-state index in [4.69, 9.17) is 11.6 Å². The van der Waals surface area contributed by atoms with Crippen molar-refractivity contribution >= 4 is 29.3 Å². The second-order valence-corrected chi connectivity index (χ2v) is 6.80. The van der Waals surface area contributed by atoms with Crippen LogP contribution in [0.2, 0.25) is 5.02 Å². The van der Waals surface area contributed by atoms with Crippen molar-refractivity contribution in [1.29, 1.82) is 0 Å². The minimum Gasteiger partial charge on any atom is -0.352 e. The molecule has 1 atom stereocenters. The van der Waals surface area contributed by atoms with Crippen molar-refractivity contribution in [3.05, 3.63) is 70.7 Å². The maximum Gasteiger partial charge on any atom is 0.251 e. The SMILES string of the molecule is CC(NC(=O)CCCNC(=O)c1ccc(Cl)cc1)C(=O)NCc1ccccc1. The number of rotatable bonds is 9. The van der Waals surface area contributed by atoms with Gasteiger partial charge < -0.3 is 16.0 Å². The summed E-state index contributed by atoms with van der Waals surface area (Å²) in [5, 5.41) is 8.76. The van der Waals surface area contributed by atoms with E-state index in [9.17, 15) is 14.4 Å². The van der Waals surface area contributed by atoms with Gasteiger partial charge in [0, 0.05) is 30.1 Å². The first-order chi connectivity index (χ1) is 13.5. The molecule has 1 unspecified atom stereocenters. The Labute approximate surface area is 169 Å². The molecule has 2 aromatic rings. The summed E-state index contributed by atoms with van der Waals surface area (Å²) in [6, 6.07) is 15.5. The molecule has 7 heteroatoms. The van der Waals surface area contributed by atoms with E-state index in [1.54, 1.807) is 31.2 Å². The topological polar surface area (TPSA) is 87.3 Å². The van der Waals surface area contributed by atoms with Crippen LogP contribution in [0.4, 0.5) is 0 Å². The van der Waals surface area contributed by atoms with Gasteiger partial charge >= 0.3 is 0 Å². The van der Waals surface area contributed by atoms with Crippen LogP contribution in [0.1, 0.15) is 35.7 Å². The first-order valence-electron chi connectivity index (χ1n) is 9.10. The Balaban J connectivity index is 1.62. The van der Waals surface area contributed by atoms with Crippen molar-refractivity contribution in [2.75, 3.05) is 6.54 Å². The van der Waals surface area contributed by atoms with Crippen LogP contribution in [0.25, 0.3) is 0 Å². The number of nitrogens with one attached hydrogen (secondary N) is 3. The third-order valence-corrected chi connectivity index (χ3v) is 4.30. The predicted octanol–water partition coefficient (Wildman–Crippen LogP) is 2.67. The first-order valence-corrected chi connectivity index (χ1v) is 9.48. The van der Waals surface area contributed by atoms with Gasteiger partial charge in [-0.2, -0.15) is 0 Å². The molecular weight excluding hydrogens is 378 g/mol. The summed E-state index contributed by atoms with van der Waals surface area (Å²) in [6.07, 6.45) is 0.695. The highest BCUT2D eigenvalue weighted by Crippen LogP contribution is 2.09. The fraction of sp³-hybridized carbons (Fsp3) is 0.286. The Kier molecular flexibility index (Phi) is 8.49. The highest BCUT2D eigenvalue weighted by Gasteiger charge is 2.15. The largest absolute Gasteiger partial charge is 0.352 e. The molecule has 0 aromatic heterocycles. The zero-order valence-electron chi connectivity index (χ0n) is 15.7. The van der Waals surface area contributed by atoms with E-state index in [1.807, 2.05) is 30.3 Å². The van der Waals surface area contributed by atoms with Crippen molar-refractivity contribution in [2.24, 2.45) is 0 Å². The zero-order valence-corrected chi connectivity index (χ0v) is 16.5. The molecule has 0 saturated heterocycles. The van der Waals surface area contributed by atoms with Gasteiger partial charge in [0.25, 0.3) is 5.91 Å². The third-order valence-electron chi connectivity index (χ3n) is 4.05. The lowest BCUT2D eigenvalue weighted by atomic mass is 10.2. The second-order valence-electron chi connectivity index (χ2n) is 6.36. The molecule has 0 spiro atoms. The summed E-state index contributed by atoms with van der Waals surface area (Å²) in [4.78, 5) is 36.0. The minimum absolute atomic E-state index is 0.217. The predicted molar refractivity (Wildman–Crippen MR) is 109 cm³/mol. The number of halogens is 1. The number of carbonyl (C=O) groups is 3. The minimum atomic E-state index is -0.625. The molecule has 2 aromatic carbocycles. The van der Waals surface area contributed by atoms with Gasteiger partial charge in [0.2, 0.25) is 11.8 Å². The second kappa shape index (κ2) is 11.1. The Bertz CT molecular complexity index is 794. The van der Waals surface area contributed by atoms with Gasteiger partial charge in [-0.15, -0.1) is 0 Å². The third kappa shape index (κ3) is 7.40. The van der Waals surface area contributed by atoms with E-state index in [2.05, 4.69) is 16.0 Å². The van der Waals surface area contributed by atoms with E-state index in [1.165, 1.54) is 0 Å². The van der Waals surface area contributed by atoms with Crippen molar-refractivity contribution in [1.82, 2.24) is 16.0 Å². The van der Waals surface area contributed by atoms with Crippen molar-refractivity contribution in [3.63, 3.8) is 0 Å². The Hall–Kier alpha value is -2.86. The van der Waals surface area contributed by atoms with Crippen molar-refractivity contribution < 1.29 is 14.4 Å². The van der Waals surface area contributed by atoms with Crippen LogP contribution in [0.5, 0.6) is 0 Å². The van der Waals surface area contributed by atoms with Gasteiger partial charge in [-0.3, -0.25) is 14.4 Å². The van der Waals surface area contributed by atoms with Crippen molar-refractivity contribution in [3.8, 4) is 0 Å². The molecule has 0 aliphatic heterocycles. The maximum absolute atomic E-state index is 12.1. The molecule has 0 heterocycles. The fourth-order valence-electron chi connectivity index (χ4n) is 2.47. The molecule has 0 radical (unpaired) electrons. The lowest BCUT2D eigenvalue weighted by Crippen LogP contribution is -2.44. The van der Waals surface area contributed by atoms with E-state index >= 15 is 0 Å². The van der Waals surface area contributed by atoms with Crippen LogP contribution < -0.4 is 16.0 Å². The number of carbonyl (C=O) groups excluding carboxylic acids is 3. The van der Waals surface area contributed by atoms with E-state index in [0.29, 0.717) is 30.1 Å². The molecule has 3 amide bonds. The summed E-state index contributed by atoms with van der Waals surface area (Å²) in [7, 11) is 0. The number of benzene rings is 2. The summed E-state index contributed by atoms with van der Waals surface area (Å²) in [5.41, 5.74) is 1.50. The van der Waals surface area contributed by atoms with Gasteiger partial charge in [0.1, 0.15) is 6.04 Å². The smallest absolute Gasteiger partial charge is 0.251 e. The zero-order chi connectivity index (χ0) is 20.4. The first kappa shape index (κ1) is 21.4. The van der Waals surface area contributed by atoms with E-state index < -0.39 is 6.04 Å². The Morgan fingerprint density at radius 2 is 1.64 bits per heavy atom. The molecule has 0 fully saturated rings. The van der Waals surface area contributed by atoms with Gasteiger partial charge in [0.05, 0.1) is 0 Å². The Morgan fingerprint density at radius 1 is 0.964 bits per heavy atom. The fourth-order valence-corrected chi connectivity index (χ4v) is 2.60. The van der Waals surface area contributed by atoms with Crippen LogP contribution in [-0.4, -0.2) is 30.3 Å². The van der Waals surface area contributed by atoms with Gasteiger partial charge in [-0.25, -0.2) is 0 Å². The van der Waals surface area contributed by atoms with E-state index in [-0.39, 0.29) is 24.1 Å². The van der Waals surface area contributed by atoms with Gasteiger partial charge in [0.15, 0.2) is 0 Å². The Morgan fingerprint density at radius 3 is 2.32 bits per heavy atom. The number of hydrogen-bond donors (Lipinski definition) is 3. The van der Waals surface area contributed by atoms with Crippen LogP contribution >= 0.6 is 11.6 Å². The molecule has 6 nitrogen and oxygen atoms in total. The molecule has 0 aliphatic rings. The number of hydrogen-bond acceptors (Lipinski definition) is 3. The molecule has 0 saturated carbocycles. The van der Waals surface area contributed by atoms with Gasteiger partial charge in [-0.05, 0) is 43.2 Å². The molecule has 2 rings (SSSR count). The van der Waals surface area contributed by atoms with Gasteiger partial charge in [-0.1, -0.05) is 41.9 Å². The monoisotopic (exact) mass is 401 g/mol. The number of amides is 3. The lowest BCUT2D eigenvalue weighted by Gasteiger charge is -2.14. The van der Waals surface area contributed by atoms with Crippen LogP contribution in [-0.2, 0) is 16.1 Å². The van der Waals surface area contributed by atoms with Crippen LogP contribution in [0.3, 0.4) is 0 Å². The highest BCUT2D eigenvalue weighted by atomic mass is 35.5. The lowest BCUT2D eigenvalue weighted by molar-refractivity contribution is -0.128. The quantitative estimate of drug-likeness (QED) is 0.564. The average molecular weight is 402 g/mol. The highest BCUT2D eigenvalue weighted by molar-refractivity contribution is 6.30. The summed E-state index contributed by atoms with van der Waals surface area (Å²) in [6.45, 7) is 2.42. The average Bonchev–Trinajstić information content (AvgIpc) is 2.70. The molecule has 148 valence electrons. The summed E-state index contributed by atoms with van der Waals surface area (Å²) in [5.74, 6) is -0.693. The summed E-state index contributed by atoms with van der Waals surface area (Å²) < 4.78 is 0. The standard InChI is InChI=1S/C21H24ClN3O3/c1-15(20(27)24-14-16-6-3-2-4-7-16)25-19(26)8-5-13-23-21(28)17-9-11-18(22)12-10-17/h2-4,6-7,9-12,15H,5,8,13-14H2,1H3,(H,23,28)(H,24,27)(H,25,26). The van der Waals surface area contributed by atoms with Crippen molar-refractivity contribution in [2.45, 2.75) is 32.4 Å². The molecule has 0 aliphatic carbocycles.